The van der Waals surface area contributed by atoms with Crippen molar-refractivity contribution in [2.75, 3.05) is 18.0 Å². The number of amides is 1. The zero-order valence-electron chi connectivity index (χ0n) is 19.1. The van der Waals surface area contributed by atoms with Crippen LogP contribution in [0.4, 0.5) is 5.69 Å². The molecule has 0 aliphatic carbocycles. The summed E-state index contributed by atoms with van der Waals surface area (Å²) in [5, 5.41) is 3.13. The van der Waals surface area contributed by atoms with Crippen molar-refractivity contribution < 1.29 is 9.53 Å². The minimum Gasteiger partial charge on any atom is -0.480 e. The van der Waals surface area contributed by atoms with Gasteiger partial charge in [-0.15, -0.1) is 0 Å². The minimum absolute atomic E-state index is 0.0666. The average Bonchev–Trinajstić information content (AvgIpc) is 2.74. The van der Waals surface area contributed by atoms with E-state index in [-0.39, 0.29) is 11.9 Å². The van der Waals surface area contributed by atoms with Gasteiger partial charge >= 0.3 is 0 Å². The van der Waals surface area contributed by atoms with E-state index in [4.69, 9.17) is 4.74 Å². The standard InChI is InChI=1S/C26H36N2O2/c1-6-24(30-25-16-18(2)9-10-20(25)4)26(29)27-21(5)22-11-13-23(14-12-22)28-15-7-8-19(3)17-28/h9-14,16,19,21,24H,6-8,15,17H2,1-5H3,(H,27,29). The molecule has 1 N–H and O–H groups in total. The zero-order valence-corrected chi connectivity index (χ0v) is 19.1. The summed E-state index contributed by atoms with van der Waals surface area (Å²) in [4.78, 5) is 15.3. The van der Waals surface area contributed by atoms with Crippen LogP contribution in [-0.2, 0) is 4.79 Å². The predicted octanol–water partition coefficient (Wildman–Crippen LogP) is 5.57. The molecule has 4 heteroatoms. The summed E-state index contributed by atoms with van der Waals surface area (Å²) in [6, 6.07) is 14.6. The molecular weight excluding hydrogens is 372 g/mol. The van der Waals surface area contributed by atoms with Crippen molar-refractivity contribution >= 4 is 11.6 Å². The highest BCUT2D eigenvalue weighted by Crippen LogP contribution is 2.25. The fourth-order valence-electron chi connectivity index (χ4n) is 4.10. The molecule has 1 aliphatic rings. The third-order valence-corrected chi connectivity index (χ3v) is 6.05. The Morgan fingerprint density at radius 2 is 1.93 bits per heavy atom. The molecule has 30 heavy (non-hydrogen) atoms. The van der Waals surface area contributed by atoms with E-state index >= 15 is 0 Å². The van der Waals surface area contributed by atoms with E-state index in [0.717, 1.165) is 41.4 Å². The summed E-state index contributed by atoms with van der Waals surface area (Å²) in [5.74, 6) is 1.46. The molecule has 1 amide bonds. The fraction of sp³-hybridized carbons (Fsp3) is 0.500. The third kappa shape index (κ3) is 5.56. The van der Waals surface area contributed by atoms with Crippen LogP contribution in [0.2, 0.25) is 0 Å². The predicted molar refractivity (Wildman–Crippen MR) is 124 cm³/mol. The van der Waals surface area contributed by atoms with E-state index < -0.39 is 6.10 Å². The second kappa shape index (κ2) is 10.0. The third-order valence-electron chi connectivity index (χ3n) is 6.05. The maximum absolute atomic E-state index is 12.9. The summed E-state index contributed by atoms with van der Waals surface area (Å²) in [6.07, 6.45) is 2.70. The van der Waals surface area contributed by atoms with Gasteiger partial charge in [0, 0.05) is 18.8 Å². The maximum Gasteiger partial charge on any atom is 0.261 e. The number of carbonyl (C=O) groups excluding carboxylic acids is 1. The first-order valence-electron chi connectivity index (χ1n) is 11.3. The molecule has 3 rings (SSSR count). The van der Waals surface area contributed by atoms with Gasteiger partial charge in [0.15, 0.2) is 6.10 Å². The van der Waals surface area contributed by atoms with Gasteiger partial charge in [-0.2, -0.15) is 0 Å². The number of rotatable bonds is 7. The topological polar surface area (TPSA) is 41.6 Å². The molecule has 1 aliphatic heterocycles. The van der Waals surface area contributed by atoms with Gasteiger partial charge in [0.2, 0.25) is 0 Å². The second-order valence-electron chi connectivity index (χ2n) is 8.80. The number of carbonyl (C=O) groups is 1. The van der Waals surface area contributed by atoms with Crippen LogP contribution in [0.3, 0.4) is 0 Å². The van der Waals surface area contributed by atoms with Crippen molar-refractivity contribution in [1.29, 1.82) is 0 Å². The van der Waals surface area contributed by atoms with Crippen molar-refractivity contribution in [3.05, 3.63) is 59.2 Å². The zero-order chi connectivity index (χ0) is 21.7. The molecule has 162 valence electrons. The van der Waals surface area contributed by atoms with E-state index in [2.05, 4.69) is 47.5 Å². The van der Waals surface area contributed by atoms with Crippen LogP contribution in [0.1, 0.15) is 62.8 Å². The summed E-state index contributed by atoms with van der Waals surface area (Å²) < 4.78 is 6.06. The number of benzene rings is 2. The molecule has 0 bridgehead atoms. The summed E-state index contributed by atoms with van der Waals surface area (Å²) in [6.45, 7) is 12.6. The molecule has 1 fully saturated rings. The Labute approximate surface area is 181 Å². The van der Waals surface area contributed by atoms with E-state index in [1.807, 2.05) is 39.8 Å². The molecule has 0 saturated carbocycles. The van der Waals surface area contributed by atoms with Crippen LogP contribution >= 0.6 is 0 Å². The quantitative estimate of drug-likeness (QED) is 0.651. The van der Waals surface area contributed by atoms with Crippen molar-refractivity contribution in [3.8, 4) is 5.75 Å². The van der Waals surface area contributed by atoms with Gasteiger partial charge in [-0.1, -0.05) is 38.1 Å². The Hall–Kier alpha value is -2.49. The highest BCUT2D eigenvalue weighted by Gasteiger charge is 2.22. The highest BCUT2D eigenvalue weighted by molar-refractivity contribution is 5.81. The van der Waals surface area contributed by atoms with Crippen LogP contribution in [0.15, 0.2) is 42.5 Å². The number of ether oxygens (including phenoxy) is 1. The van der Waals surface area contributed by atoms with Crippen molar-refractivity contribution in [3.63, 3.8) is 0 Å². The van der Waals surface area contributed by atoms with Crippen LogP contribution < -0.4 is 15.0 Å². The first-order valence-corrected chi connectivity index (χ1v) is 11.3. The van der Waals surface area contributed by atoms with Crippen LogP contribution in [0, 0.1) is 19.8 Å². The van der Waals surface area contributed by atoms with Gasteiger partial charge in [-0.25, -0.2) is 0 Å². The Balaban J connectivity index is 1.61. The van der Waals surface area contributed by atoms with E-state index in [1.54, 1.807) is 0 Å². The largest absolute Gasteiger partial charge is 0.480 e. The van der Waals surface area contributed by atoms with Gasteiger partial charge in [0.1, 0.15) is 5.75 Å². The molecule has 2 aromatic rings. The Bertz CT molecular complexity index is 847. The van der Waals surface area contributed by atoms with Crippen LogP contribution in [-0.4, -0.2) is 25.1 Å². The maximum atomic E-state index is 12.9. The first kappa shape index (κ1) is 22.2. The van der Waals surface area contributed by atoms with E-state index in [0.29, 0.717) is 6.42 Å². The smallest absolute Gasteiger partial charge is 0.261 e. The monoisotopic (exact) mass is 408 g/mol. The lowest BCUT2D eigenvalue weighted by atomic mass is 9.99. The molecule has 2 aromatic carbocycles. The van der Waals surface area contributed by atoms with Gasteiger partial charge in [0.05, 0.1) is 6.04 Å². The number of anilines is 1. The lowest BCUT2D eigenvalue weighted by Gasteiger charge is -2.33. The van der Waals surface area contributed by atoms with E-state index in [9.17, 15) is 4.79 Å². The molecular formula is C26H36N2O2. The second-order valence-corrected chi connectivity index (χ2v) is 8.80. The number of piperidine rings is 1. The van der Waals surface area contributed by atoms with E-state index in [1.165, 1.54) is 18.5 Å². The van der Waals surface area contributed by atoms with Gasteiger partial charge in [-0.3, -0.25) is 4.79 Å². The minimum atomic E-state index is -0.498. The molecule has 1 saturated heterocycles. The molecule has 3 unspecified atom stereocenters. The van der Waals surface area contributed by atoms with Crippen LogP contribution in [0.25, 0.3) is 0 Å². The Morgan fingerprint density at radius 1 is 1.20 bits per heavy atom. The lowest BCUT2D eigenvalue weighted by Crippen LogP contribution is -2.39. The number of nitrogens with one attached hydrogen (secondary N) is 1. The van der Waals surface area contributed by atoms with Crippen molar-refractivity contribution in [2.24, 2.45) is 5.92 Å². The van der Waals surface area contributed by atoms with Gasteiger partial charge in [0.25, 0.3) is 5.91 Å². The Kier molecular flexibility index (Phi) is 7.41. The molecule has 3 atom stereocenters. The molecule has 0 radical (unpaired) electrons. The molecule has 0 spiro atoms. The van der Waals surface area contributed by atoms with Crippen molar-refractivity contribution in [1.82, 2.24) is 5.32 Å². The fourth-order valence-corrected chi connectivity index (χ4v) is 4.10. The lowest BCUT2D eigenvalue weighted by molar-refractivity contribution is -0.128. The highest BCUT2D eigenvalue weighted by atomic mass is 16.5. The number of nitrogens with zero attached hydrogens (tertiary/aromatic N) is 1. The first-order chi connectivity index (χ1) is 14.4. The summed E-state index contributed by atoms with van der Waals surface area (Å²) >= 11 is 0. The normalized spacial score (nSPS) is 18.6. The summed E-state index contributed by atoms with van der Waals surface area (Å²) in [5.41, 5.74) is 4.55. The number of hydrogen-bond acceptors (Lipinski definition) is 3. The number of hydrogen-bond donors (Lipinski definition) is 1. The Morgan fingerprint density at radius 3 is 2.60 bits per heavy atom. The van der Waals surface area contributed by atoms with Gasteiger partial charge < -0.3 is 15.0 Å². The van der Waals surface area contributed by atoms with Crippen molar-refractivity contribution in [2.45, 2.75) is 66.0 Å². The molecule has 4 nitrogen and oxygen atoms in total. The average molecular weight is 409 g/mol. The van der Waals surface area contributed by atoms with Gasteiger partial charge in [-0.05, 0) is 80.8 Å². The SMILES string of the molecule is CCC(Oc1cc(C)ccc1C)C(=O)NC(C)c1ccc(N2CCCC(C)C2)cc1. The van der Waals surface area contributed by atoms with Crippen LogP contribution in [0.5, 0.6) is 5.75 Å². The molecule has 0 aromatic heterocycles. The molecule has 1 heterocycles. The summed E-state index contributed by atoms with van der Waals surface area (Å²) in [7, 11) is 0. The number of aryl methyl sites for hydroxylation is 2.